The predicted molar refractivity (Wildman–Crippen MR) is 170 cm³/mol. The van der Waals surface area contributed by atoms with Crippen molar-refractivity contribution in [3.63, 3.8) is 0 Å². The van der Waals surface area contributed by atoms with Crippen LogP contribution in [0.3, 0.4) is 0 Å². The summed E-state index contributed by atoms with van der Waals surface area (Å²) in [7, 11) is 0. The molecule has 0 aromatic heterocycles. The molecule has 0 saturated carbocycles. The zero-order valence-electron chi connectivity index (χ0n) is 28.1. The van der Waals surface area contributed by atoms with E-state index in [2.05, 4.69) is 10.6 Å². The number of nitrogens with zero attached hydrogens (tertiary/aromatic N) is 1. The number of carbonyl (C=O) groups is 4. The number of alkyl carbamates (subject to hydrolysis) is 1. The van der Waals surface area contributed by atoms with E-state index in [9.17, 15) is 29.4 Å². The summed E-state index contributed by atoms with van der Waals surface area (Å²) in [5.74, 6) is -2.14. The van der Waals surface area contributed by atoms with Crippen LogP contribution in [0.1, 0.15) is 85.0 Å². The lowest BCUT2D eigenvalue weighted by Gasteiger charge is -2.43. The second-order valence-corrected chi connectivity index (χ2v) is 14.0. The molecule has 3 amide bonds. The number of hydrogen-bond acceptors (Lipinski definition) is 8. The van der Waals surface area contributed by atoms with E-state index in [0.29, 0.717) is 11.1 Å². The van der Waals surface area contributed by atoms with Crippen LogP contribution >= 0.6 is 0 Å². The molecule has 0 saturated heterocycles. The summed E-state index contributed by atoms with van der Waals surface area (Å²) in [4.78, 5) is 55.8. The smallest absolute Gasteiger partial charge is 0.408 e. The van der Waals surface area contributed by atoms with Gasteiger partial charge in [-0.15, -0.1) is 0 Å². The fourth-order valence-electron chi connectivity index (χ4n) is 4.58. The summed E-state index contributed by atoms with van der Waals surface area (Å²) < 4.78 is 10.9. The Kier molecular flexibility index (Phi) is 12.2. The van der Waals surface area contributed by atoms with E-state index in [1.807, 2.05) is 30.3 Å². The van der Waals surface area contributed by atoms with E-state index in [0.717, 1.165) is 5.56 Å². The molecule has 0 heterocycles. The molecule has 0 aliphatic heterocycles. The predicted octanol–water partition coefficient (Wildman–Crippen LogP) is 4.32. The number of amides is 3. The van der Waals surface area contributed by atoms with Crippen molar-refractivity contribution < 1.29 is 38.9 Å². The first kappa shape index (κ1) is 37.1. The zero-order valence-corrected chi connectivity index (χ0v) is 28.1. The van der Waals surface area contributed by atoms with E-state index in [-0.39, 0.29) is 12.2 Å². The molecule has 0 spiro atoms. The first-order chi connectivity index (χ1) is 20.6. The first-order valence-corrected chi connectivity index (χ1v) is 14.9. The number of aliphatic hydroxyl groups excluding tert-OH is 1. The molecule has 0 aliphatic rings. The quantitative estimate of drug-likeness (QED) is 0.284. The molecule has 11 heteroatoms. The lowest BCUT2D eigenvalue weighted by atomic mass is 9.94. The number of phenolic OH excluding ortho intramolecular Hbond substituents is 1. The molecular formula is C34H49N3O8. The molecule has 3 unspecified atom stereocenters. The molecule has 2 aromatic carbocycles. The van der Waals surface area contributed by atoms with Crippen LogP contribution in [0, 0.1) is 6.92 Å². The Labute approximate surface area is 266 Å². The average Bonchev–Trinajstić information content (AvgIpc) is 2.89. The van der Waals surface area contributed by atoms with Crippen molar-refractivity contribution in [2.45, 2.75) is 111 Å². The van der Waals surface area contributed by atoms with Crippen LogP contribution in [0.25, 0.3) is 0 Å². The van der Waals surface area contributed by atoms with Gasteiger partial charge in [0.1, 0.15) is 35.1 Å². The Balaban J connectivity index is 2.64. The van der Waals surface area contributed by atoms with Gasteiger partial charge in [-0.3, -0.25) is 9.59 Å². The maximum absolute atomic E-state index is 14.4. The van der Waals surface area contributed by atoms with Crippen LogP contribution in [-0.2, 0) is 30.3 Å². The van der Waals surface area contributed by atoms with E-state index >= 15 is 0 Å². The molecule has 0 bridgehead atoms. The van der Waals surface area contributed by atoms with Crippen molar-refractivity contribution in [2.24, 2.45) is 0 Å². The number of aryl methyl sites for hydroxylation is 1. The molecule has 11 nitrogen and oxygen atoms in total. The van der Waals surface area contributed by atoms with Gasteiger partial charge in [-0.05, 0) is 98.1 Å². The third-order valence-electron chi connectivity index (χ3n) is 6.47. The molecule has 0 aliphatic carbocycles. The number of hydrogen-bond donors (Lipinski definition) is 4. The van der Waals surface area contributed by atoms with E-state index < -0.39 is 65.4 Å². The monoisotopic (exact) mass is 627 g/mol. The van der Waals surface area contributed by atoms with E-state index in [1.165, 1.54) is 17.0 Å². The second-order valence-electron chi connectivity index (χ2n) is 14.0. The highest BCUT2D eigenvalue weighted by atomic mass is 16.6. The molecule has 248 valence electrons. The third-order valence-corrected chi connectivity index (χ3v) is 6.47. The summed E-state index contributed by atoms with van der Waals surface area (Å²) in [5, 5.41) is 25.7. The van der Waals surface area contributed by atoms with Crippen LogP contribution in [-0.4, -0.2) is 74.4 Å². The van der Waals surface area contributed by atoms with Crippen LogP contribution in [0.4, 0.5) is 4.79 Å². The molecule has 0 fully saturated rings. The third kappa shape index (κ3) is 11.4. The fraction of sp³-hybridized carbons (Fsp3) is 0.529. The van der Waals surface area contributed by atoms with Gasteiger partial charge in [-0.1, -0.05) is 36.4 Å². The largest absolute Gasteiger partial charge is 0.508 e. The second kappa shape index (κ2) is 14.8. The van der Waals surface area contributed by atoms with Gasteiger partial charge >= 0.3 is 12.1 Å². The lowest BCUT2D eigenvalue weighted by molar-refractivity contribution is -0.159. The van der Waals surface area contributed by atoms with Gasteiger partial charge in [0.05, 0.1) is 6.61 Å². The van der Waals surface area contributed by atoms with Gasteiger partial charge in [-0.25, -0.2) is 9.59 Å². The summed E-state index contributed by atoms with van der Waals surface area (Å²) in [5.41, 5.74) is -1.18. The maximum atomic E-state index is 14.4. The Hall–Kier alpha value is -4.12. The van der Waals surface area contributed by atoms with Crippen molar-refractivity contribution in [1.29, 1.82) is 0 Å². The van der Waals surface area contributed by atoms with E-state index in [4.69, 9.17) is 9.47 Å². The molecule has 0 radical (unpaired) electrons. The zero-order chi connectivity index (χ0) is 34.3. The molecule has 2 aromatic rings. The highest BCUT2D eigenvalue weighted by molar-refractivity contribution is 5.94. The number of ether oxygens (including phenoxy) is 2. The van der Waals surface area contributed by atoms with Gasteiger partial charge in [0, 0.05) is 12.0 Å². The van der Waals surface area contributed by atoms with Crippen molar-refractivity contribution in [3.05, 3.63) is 65.2 Å². The van der Waals surface area contributed by atoms with Gasteiger partial charge in [0.2, 0.25) is 11.8 Å². The number of rotatable bonds is 10. The van der Waals surface area contributed by atoms with Gasteiger partial charge in [-0.2, -0.15) is 0 Å². The standard InChI is InChI=1S/C34H49N3O8/c1-21-18-23(16-17-26(21)39)27(37(32(2,3)4)29(41)25(20-38)36-31(43)45-34(8,9)10)28(40)35-24(30(42)44-33(5,6)7)19-22-14-12-11-13-15-22/h11-18,24-25,27,38-39H,19-20H2,1-10H3,(H,35,40)(H,36,43). The van der Waals surface area contributed by atoms with Crippen LogP contribution < -0.4 is 10.6 Å². The van der Waals surface area contributed by atoms with Crippen molar-refractivity contribution in [2.75, 3.05) is 6.61 Å². The number of aromatic hydroxyl groups is 1. The minimum atomic E-state index is -1.46. The lowest BCUT2D eigenvalue weighted by Crippen LogP contribution is -2.60. The Morgan fingerprint density at radius 1 is 0.822 bits per heavy atom. The summed E-state index contributed by atoms with van der Waals surface area (Å²) in [6, 6.07) is 9.67. The van der Waals surface area contributed by atoms with Crippen LogP contribution in [0.5, 0.6) is 5.75 Å². The Morgan fingerprint density at radius 3 is 1.89 bits per heavy atom. The van der Waals surface area contributed by atoms with Crippen molar-refractivity contribution >= 4 is 23.9 Å². The van der Waals surface area contributed by atoms with Gasteiger partial charge in [0.25, 0.3) is 0 Å². The number of nitrogens with one attached hydrogen (secondary N) is 2. The SMILES string of the molecule is Cc1cc(C(C(=O)NC(Cc2ccccc2)C(=O)OC(C)(C)C)N(C(=O)C(CO)NC(=O)OC(C)(C)C)C(C)(C)C)ccc1O. The van der Waals surface area contributed by atoms with Crippen molar-refractivity contribution in [1.82, 2.24) is 15.5 Å². The Morgan fingerprint density at radius 2 is 1.40 bits per heavy atom. The summed E-state index contributed by atoms with van der Waals surface area (Å²) in [6.45, 7) is 16.1. The molecule has 45 heavy (non-hydrogen) atoms. The van der Waals surface area contributed by atoms with Gasteiger partial charge < -0.3 is 35.2 Å². The maximum Gasteiger partial charge on any atom is 0.408 e. The number of benzene rings is 2. The molecular weight excluding hydrogens is 578 g/mol. The normalized spacial score (nSPS) is 14.0. The fourth-order valence-corrected chi connectivity index (χ4v) is 4.58. The van der Waals surface area contributed by atoms with Crippen LogP contribution in [0.2, 0.25) is 0 Å². The minimum Gasteiger partial charge on any atom is -0.508 e. The van der Waals surface area contributed by atoms with Crippen LogP contribution in [0.15, 0.2) is 48.5 Å². The molecule has 2 rings (SSSR count). The number of esters is 1. The van der Waals surface area contributed by atoms with Gasteiger partial charge in [0.15, 0.2) is 0 Å². The number of aliphatic hydroxyl groups is 1. The molecule has 3 atom stereocenters. The average molecular weight is 628 g/mol. The first-order valence-electron chi connectivity index (χ1n) is 14.9. The Bertz CT molecular complexity index is 1340. The summed E-state index contributed by atoms with van der Waals surface area (Å²) in [6.07, 6.45) is -0.802. The minimum absolute atomic E-state index is 0.0120. The highest BCUT2D eigenvalue weighted by Crippen LogP contribution is 2.32. The van der Waals surface area contributed by atoms with E-state index in [1.54, 1.807) is 75.3 Å². The van der Waals surface area contributed by atoms with Crippen molar-refractivity contribution in [3.8, 4) is 5.75 Å². The summed E-state index contributed by atoms with van der Waals surface area (Å²) >= 11 is 0. The number of phenols is 1. The topological polar surface area (TPSA) is 154 Å². The molecule has 4 N–H and O–H groups in total. The highest BCUT2D eigenvalue weighted by Gasteiger charge is 2.43. The number of carbonyl (C=O) groups excluding carboxylic acids is 4.